The van der Waals surface area contributed by atoms with Gasteiger partial charge in [-0.25, -0.2) is 0 Å². The van der Waals surface area contributed by atoms with Crippen LogP contribution in [0.1, 0.15) is 0 Å². The van der Waals surface area contributed by atoms with E-state index in [0.717, 1.165) is 0 Å². The van der Waals surface area contributed by atoms with Crippen molar-refractivity contribution in [2.45, 2.75) is 6.18 Å². The van der Waals surface area contributed by atoms with E-state index < -0.39 is 12.8 Å². The van der Waals surface area contributed by atoms with Gasteiger partial charge in [0.1, 0.15) is 13.2 Å². The molecule has 0 aliphatic rings. The predicted octanol–water partition coefficient (Wildman–Crippen LogP) is 0.328. The predicted molar refractivity (Wildman–Crippen MR) is 41.8 cm³/mol. The number of amides is 1. The summed E-state index contributed by atoms with van der Waals surface area (Å²) in [7, 11) is 1.35. The van der Waals surface area contributed by atoms with E-state index in [4.69, 9.17) is 0 Å². The third kappa shape index (κ3) is 9.27. The molecule has 0 bridgehead atoms. The van der Waals surface area contributed by atoms with Crippen LogP contribution in [0.4, 0.5) is 13.2 Å². The number of nitrogens with one attached hydrogen (secondary N) is 1. The van der Waals surface area contributed by atoms with Crippen molar-refractivity contribution in [2.75, 3.05) is 33.5 Å². The molecule has 0 rings (SSSR count). The van der Waals surface area contributed by atoms with Crippen LogP contribution in [0.5, 0.6) is 0 Å². The van der Waals surface area contributed by atoms with Gasteiger partial charge in [-0.2, -0.15) is 13.2 Å². The summed E-state index contributed by atoms with van der Waals surface area (Å²) in [5, 5.41) is 2.31. The number of carbonyl (C=O) groups is 1. The number of carbonyl (C=O) groups excluding carboxylic acids is 1. The van der Waals surface area contributed by atoms with Crippen molar-refractivity contribution in [2.24, 2.45) is 0 Å². The Labute approximate surface area is 79.4 Å². The molecule has 0 saturated carbocycles. The first-order valence-electron chi connectivity index (χ1n) is 3.86. The highest BCUT2D eigenvalue weighted by molar-refractivity contribution is 5.77. The number of halogens is 3. The van der Waals surface area contributed by atoms with E-state index in [1.54, 1.807) is 0 Å². The third-order valence-corrected chi connectivity index (χ3v) is 1.11. The average molecular weight is 215 g/mol. The first kappa shape index (κ1) is 13.2. The summed E-state index contributed by atoms with van der Waals surface area (Å²) in [5.74, 6) is -0.386. The largest absolute Gasteiger partial charge is 0.411 e. The normalized spacial score (nSPS) is 11.4. The van der Waals surface area contributed by atoms with E-state index in [1.807, 2.05) is 0 Å². The fourth-order valence-corrected chi connectivity index (χ4v) is 0.633. The molecular weight excluding hydrogens is 203 g/mol. The van der Waals surface area contributed by atoms with Crippen LogP contribution in [-0.4, -0.2) is 45.6 Å². The minimum Gasteiger partial charge on any atom is -0.375 e. The standard InChI is InChI=1S/C7H12F3NO3/c1-13-4-6(12)11-2-3-14-5-7(8,9)10/h2-5H2,1H3,(H,11,12). The molecule has 0 aromatic heterocycles. The summed E-state index contributed by atoms with van der Waals surface area (Å²) < 4.78 is 43.3. The Balaban J connectivity index is 3.26. The van der Waals surface area contributed by atoms with Crippen molar-refractivity contribution in [3.05, 3.63) is 0 Å². The van der Waals surface area contributed by atoms with Crippen LogP contribution in [0.25, 0.3) is 0 Å². The molecule has 0 saturated heterocycles. The lowest BCUT2D eigenvalue weighted by Crippen LogP contribution is -2.31. The van der Waals surface area contributed by atoms with Crippen LogP contribution in [0, 0.1) is 0 Å². The summed E-state index contributed by atoms with van der Waals surface area (Å²) in [5.41, 5.74) is 0. The van der Waals surface area contributed by atoms with Crippen molar-refractivity contribution in [1.82, 2.24) is 5.32 Å². The minimum atomic E-state index is -4.32. The maximum Gasteiger partial charge on any atom is 0.411 e. The molecule has 4 nitrogen and oxygen atoms in total. The molecule has 0 fully saturated rings. The van der Waals surface area contributed by atoms with Crippen LogP contribution in [-0.2, 0) is 14.3 Å². The summed E-state index contributed by atoms with van der Waals surface area (Å²) in [4.78, 5) is 10.7. The Kier molecular flexibility index (Phi) is 6.22. The highest BCUT2D eigenvalue weighted by Gasteiger charge is 2.27. The molecule has 0 aromatic rings. The smallest absolute Gasteiger partial charge is 0.375 e. The zero-order valence-electron chi connectivity index (χ0n) is 7.69. The molecule has 0 aliphatic heterocycles. The first-order chi connectivity index (χ1) is 6.45. The van der Waals surface area contributed by atoms with Crippen LogP contribution in [0.3, 0.4) is 0 Å². The van der Waals surface area contributed by atoms with Gasteiger partial charge in [0.25, 0.3) is 0 Å². The van der Waals surface area contributed by atoms with Crippen LogP contribution >= 0.6 is 0 Å². The van der Waals surface area contributed by atoms with E-state index in [2.05, 4.69) is 14.8 Å². The molecule has 0 spiro atoms. The number of alkyl halides is 3. The second-order valence-corrected chi connectivity index (χ2v) is 2.45. The quantitative estimate of drug-likeness (QED) is 0.649. The lowest BCUT2D eigenvalue weighted by Gasteiger charge is -2.08. The highest BCUT2D eigenvalue weighted by atomic mass is 19.4. The SMILES string of the molecule is COCC(=O)NCCOCC(F)(F)F. The number of methoxy groups -OCH3 is 1. The summed E-state index contributed by atoms with van der Waals surface area (Å²) >= 11 is 0. The van der Waals surface area contributed by atoms with Gasteiger partial charge in [0.2, 0.25) is 5.91 Å². The number of hydrogen-bond donors (Lipinski definition) is 1. The monoisotopic (exact) mass is 215 g/mol. The summed E-state index contributed by atoms with van der Waals surface area (Å²) in [6.45, 7) is -1.54. The van der Waals surface area contributed by atoms with E-state index >= 15 is 0 Å². The van der Waals surface area contributed by atoms with Gasteiger partial charge in [-0.1, -0.05) is 0 Å². The molecule has 1 amide bonds. The maximum absolute atomic E-state index is 11.5. The Morgan fingerprint density at radius 2 is 2.07 bits per heavy atom. The Bertz CT molecular complexity index is 172. The lowest BCUT2D eigenvalue weighted by atomic mass is 10.6. The molecule has 0 radical (unpaired) electrons. The molecular formula is C7H12F3NO3. The van der Waals surface area contributed by atoms with Gasteiger partial charge >= 0.3 is 6.18 Å². The molecule has 0 atom stereocenters. The van der Waals surface area contributed by atoms with Gasteiger partial charge in [0.05, 0.1) is 6.61 Å². The number of rotatable bonds is 6. The highest BCUT2D eigenvalue weighted by Crippen LogP contribution is 2.13. The van der Waals surface area contributed by atoms with Gasteiger partial charge in [0.15, 0.2) is 0 Å². The molecule has 7 heteroatoms. The maximum atomic E-state index is 11.5. The van der Waals surface area contributed by atoms with Gasteiger partial charge < -0.3 is 14.8 Å². The molecule has 0 heterocycles. The van der Waals surface area contributed by atoms with Crippen molar-refractivity contribution in [3.63, 3.8) is 0 Å². The minimum absolute atomic E-state index is 0.0400. The van der Waals surface area contributed by atoms with Crippen molar-refractivity contribution < 1.29 is 27.4 Å². The molecule has 0 aromatic carbocycles. The molecule has 0 unspecified atom stereocenters. The second kappa shape index (κ2) is 6.61. The van der Waals surface area contributed by atoms with Gasteiger partial charge in [-0.05, 0) is 0 Å². The van der Waals surface area contributed by atoms with E-state index in [0.29, 0.717) is 0 Å². The third-order valence-electron chi connectivity index (χ3n) is 1.11. The van der Waals surface area contributed by atoms with Gasteiger partial charge in [-0.15, -0.1) is 0 Å². The lowest BCUT2D eigenvalue weighted by molar-refractivity contribution is -0.173. The van der Waals surface area contributed by atoms with E-state index in [9.17, 15) is 18.0 Å². The molecule has 84 valence electrons. The van der Waals surface area contributed by atoms with Gasteiger partial charge in [0, 0.05) is 13.7 Å². The zero-order chi connectivity index (χ0) is 11.0. The van der Waals surface area contributed by atoms with Crippen LogP contribution < -0.4 is 5.32 Å². The molecule has 0 aliphatic carbocycles. The van der Waals surface area contributed by atoms with Crippen molar-refractivity contribution in [3.8, 4) is 0 Å². The molecule has 1 N–H and O–H groups in total. The fourth-order valence-electron chi connectivity index (χ4n) is 0.633. The Morgan fingerprint density at radius 1 is 1.43 bits per heavy atom. The molecule has 14 heavy (non-hydrogen) atoms. The second-order valence-electron chi connectivity index (χ2n) is 2.45. The van der Waals surface area contributed by atoms with Gasteiger partial charge in [-0.3, -0.25) is 4.79 Å². The van der Waals surface area contributed by atoms with Crippen LogP contribution in [0.2, 0.25) is 0 Å². The topological polar surface area (TPSA) is 47.6 Å². The fraction of sp³-hybridized carbons (Fsp3) is 0.857. The average Bonchev–Trinajstić information content (AvgIpc) is 2.02. The number of ether oxygens (including phenoxy) is 2. The summed E-state index contributed by atoms with van der Waals surface area (Å²) in [6.07, 6.45) is -4.32. The number of hydrogen-bond acceptors (Lipinski definition) is 3. The van der Waals surface area contributed by atoms with E-state index in [1.165, 1.54) is 7.11 Å². The van der Waals surface area contributed by atoms with Crippen LogP contribution in [0.15, 0.2) is 0 Å². The summed E-state index contributed by atoms with van der Waals surface area (Å²) in [6, 6.07) is 0. The van der Waals surface area contributed by atoms with E-state index in [-0.39, 0.29) is 25.7 Å². The van der Waals surface area contributed by atoms with Crippen molar-refractivity contribution in [1.29, 1.82) is 0 Å². The Morgan fingerprint density at radius 3 is 2.57 bits per heavy atom. The zero-order valence-corrected chi connectivity index (χ0v) is 7.69. The Hall–Kier alpha value is -0.820. The first-order valence-corrected chi connectivity index (χ1v) is 3.86. The van der Waals surface area contributed by atoms with Crippen molar-refractivity contribution >= 4 is 5.91 Å².